The van der Waals surface area contributed by atoms with Gasteiger partial charge in [-0.05, 0) is 12.1 Å². The van der Waals surface area contributed by atoms with Gasteiger partial charge in [-0.25, -0.2) is 4.98 Å². The number of carboxylic acid groups (broad SMARTS) is 1. The largest absolute Gasteiger partial charge is 0.481 e. The van der Waals surface area contributed by atoms with E-state index < -0.39 is 5.97 Å². The van der Waals surface area contributed by atoms with Crippen molar-refractivity contribution in [3.8, 4) is 0 Å². The number of hydrogen-bond acceptors (Lipinski definition) is 4. The molecular formula is C13H12N2O3S. The van der Waals surface area contributed by atoms with Crippen LogP contribution >= 0.6 is 11.3 Å². The lowest BCUT2D eigenvalue weighted by Gasteiger charge is -2.02. The second-order valence-corrected chi connectivity index (χ2v) is 4.84. The summed E-state index contributed by atoms with van der Waals surface area (Å²) < 4.78 is 0. The van der Waals surface area contributed by atoms with Crippen LogP contribution in [0.4, 0.5) is 5.69 Å². The van der Waals surface area contributed by atoms with Crippen LogP contribution < -0.4 is 5.32 Å². The summed E-state index contributed by atoms with van der Waals surface area (Å²) in [5.74, 6) is -1.09. The maximum Gasteiger partial charge on any atom is 0.309 e. The molecule has 19 heavy (non-hydrogen) atoms. The number of carbonyl (C=O) groups excluding carboxylic acids is 1. The fourth-order valence-electron chi connectivity index (χ4n) is 1.53. The molecule has 0 aliphatic heterocycles. The molecule has 0 atom stereocenters. The van der Waals surface area contributed by atoms with Crippen LogP contribution in [0.5, 0.6) is 0 Å². The molecule has 0 radical (unpaired) electrons. The van der Waals surface area contributed by atoms with Gasteiger partial charge in [0.25, 0.3) is 0 Å². The van der Waals surface area contributed by atoms with Gasteiger partial charge in [-0.2, -0.15) is 0 Å². The number of aromatic nitrogens is 1. The first-order chi connectivity index (χ1) is 9.13. The summed E-state index contributed by atoms with van der Waals surface area (Å²) in [5, 5.41) is 13.7. The first-order valence-corrected chi connectivity index (χ1v) is 6.51. The molecule has 1 heterocycles. The van der Waals surface area contributed by atoms with Crippen LogP contribution in [0.3, 0.4) is 0 Å². The van der Waals surface area contributed by atoms with Crippen molar-refractivity contribution < 1.29 is 14.7 Å². The van der Waals surface area contributed by atoms with Gasteiger partial charge in [0.05, 0.1) is 18.5 Å². The van der Waals surface area contributed by atoms with Crippen LogP contribution in [0.1, 0.15) is 10.7 Å². The molecule has 1 aromatic carbocycles. The number of nitrogens with one attached hydrogen (secondary N) is 1. The molecule has 0 fully saturated rings. The molecule has 0 saturated carbocycles. The molecule has 0 saturated heterocycles. The highest BCUT2D eigenvalue weighted by Gasteiger charge is 2.10. The quantitative estimate of drug-likeness (QED) is 0.874. The van der Waals surface area contributed by atoms with Crippen molar-refractivity contribution in [3.63, 3.8) is 0 Å². The van der Waals surface area contributed by atoms with Crippen molar-refractivity contribution in [2.24, 2.45) is 0 Å². The molecule has 2 aromatic rings. The maximum absolute atomic E-state index is 11.8. The summed E-state index contributed by atoms with van der Waals surface area (Å²) in [6, 6.07) is 9.15. The third-order valence-electron chi connectivity index (χ3n) is 2.30. The standard InChI is InChI=1S/C13H12N2O3S/c16-11(14-9-4-2-1-3-5-9)7-12-15-10(8-19-12)6-13(17)18/h1-5,8H,6-7H2,(H,14,16)(H,17,18). The average molecular weight is 276 g/mol. The fraction of sp³-hybridized carbons (Fsp3) is 0.154. The number of aliphatic carboxylic acids is 1. The van der Waals surface area contributed by atoms with Gasteiger partial charge in [0.1, 0.15) is 5.01 Å². The molecule has 1 amide bonds. The number of amides is 1. The van der Waals surface area contributed by atoms with Gasteiger partial charge in [-0.3, -0.25) is 9.59 Å². The Morgan fingerprint density at radius 2 is 1.95 bits per heavy atom. The van der Waals surface area contributed by atoms with E-state index in [1.54, 1.807) is 17.5 Å². The lowest BCUT2D eigenvalue weighted by atomic mass is 10.3. The second kappa shape index (κ2) is 6.10. The third kappa shape index (κ3) is 4.18. The molecule has 0 unspecified atom stereocenters. The number of hydrogen-bond donors (Lipinski definition) is 2. The van der Waals surface area contributed by atoms with E-state index in [0.717, 1.165) is 5.69 Å². The molecule has 0 aliphatic rings. The Kier molecular flexibility index (Phi) is 4.25. The van der Waals surface area contributed by atoms with Gasteiger partial charge in [-0.15, -0.1) is 11.3 Å². The lowest BCUT2D eigenvalue weighted by molar-refractivity contribution is -0.136. The zero-order valence-electron chi connectivity index (χ0n) is 10.00. The van der Waals surface area contributed by atoms with Crippen LogP contribution in [-0.2, 0) is 22.4 Å². The maximum atomic E-state index is 11.8. The Balaban J connectivity index is 1.92. The minimum atomic E-state index is -0.925. The van der Waals surface area contributed by atoms with Gasteiger partial charge in [0.2, 0.25) is 5.91 Å². The van der Waals surface area contributed by atoms with Gasteiger partial charge in [0.15, 0.2) is 0 Å². The van der Waals surface area contributed by atoms with E-state index in [2.05, 4.69) is 10.3 Å². The fourth-order valence-corrected chi connectivity index (χ4v) is 2.32. The van der Waals surface area contributed by atoms with Crippen molar-refractivity contribution in [2.75, 3.05) is 5.32 Å². The zero-order valence-corrected chi connectivity index (χ0v) is 10.8. The summed E-state index contributed by atoms with van der Waals surface area (Å²) in [4.78, 5) is 26.4. The van der Waals surface area contributed by atoms with Crippen molar-refractivity contribution in [2.45, 2.75) is 12.8 Å². The van der Waals surface area contributed by atoms with E-state index in [1.807, 2.05) is 18.2 Å². The van der Waals surface area contributed by atoms with E-state index in [9.17, 15) is 9.59 Å². The van der Waals surface area contributed by atoms with Crippen LogP contribution in [0.15, 0.2) is 35.7 Å². The van der Waals surface area contributed by atoms with Gasteiger partial charge in [0, 0.05) is 11.1 Å². The molecule has 2 rings (SSSR count). The predicted octanol–water partition coefficient (Wildman–Crippen LogP) is 1.95. The van der Waals surface area contributed by atoms with Crippen LogP contribution in [0.25, 0.3) is 0 Å². The first kappa shape index (κ1) is 13.2. The van der Waals surface area contributed by atoms with Gasteiger partial charge >= 0.3 is 5.97 Å². The smallest absolute Gasteiger partial charge is 0.309 e. The molecule has 6 heteroatoms. The van der Waals surface area contributed by atoms with E-state index >= 15 is 0 Å². The highest BCUT2D eigenvalue weighted by atomic mass is 32.1. The Hall–Kier alpha value is -2.21. The van der Waals surface area contributed by atoms with Gasteiger partial charge in [-0.1, -0.05) is 18.2 Å². The van der Waals surface area contributed by atoms with E-state index in [0.29, 0.717) is 10.7 Å². The van der Waals surface area contributed by atoms with E-state index in [-0.39, 0.29) is 18.7 Å². The van der Waals surface area contributed by atoms with Crippen molar-refractivity contribution in [1.29, 1.82) is 0 Å². The number of anilines is 1. The predicted molar refractivity (Wildman–Crippen MR) is 72.2 cm³/mol. The Bertz CT molecular complexity index is 581. The number of para-hydroxylation sites is 1. The van der Waals surface area contributed by atoms with Crippen LogP contribution in [0, 0.1) is 0 Å². The molecule has 98 valence electrons. The van der Waals surface area contributed by atoms with Crippen molar-refractivity contribution in [3.05, 3.63) is 46.4 Å². The average Bonchev–Trinajstić information content (AvgIpc) is 2.76. The van der Waals surface area contributed by atoms with Crippen molar-refractivity contribution in [1.82, 2.24) is 4.98 Å². The summed E-state index contributed by atoms with van der Waals surface area (Å²) in [5.41, 5.74) is 1.22. The summed E-state index contributed by atoms with van der Waals surface area (Å²) in [6.07, 6.45) is 0.0377. The minimum absolute atomic E-state index is 0.114. The third-order valence-corrected chi connectivity index (χ3v) is 3.20. The number of rotatable bonds is 5. The number of thiazole rings is 1. The number of carbonyl (C=O) groups is 2. The van der Waals surface area contributed by atoms with E-state index in [4.69, 9.17) is 5.11 Å². The summed E-state index contributed by atoms with van der Waals surface area (Å²) >= 11 is 1.30. The highest BCUT2D eigenvalue weighted by Crippen LogP contribution is 2.12. The van der Waals surface area contributed by atoms with Crippen LogP contribution in [0.2, 0.25) is 0 Å². The lowest BCUT2D eigenvalue weighted by Crippen LogP contribution is -2.14. The number of benzene rings is 1. The summed E-state index contributed by atoms with van der Waals surface area (Å²) in [7, 11) is 0. The van der Waals surface area contributed by atoms with Crippen LogP contribution in [-0.4, -0.2) is 22.0 Å². The monoisotopic (exact) mass is 276 g/mol. The molecule has 0 bridgehead atoms. The SMILES string of the molecule is O=C(O)Cc1csc(CC(=O)Nc2ccccc2)n1. The molecule has 0 spiro atoms. The zero-order chi connectivity index (χ0) is 13.7. The Morgan fingerprint density at radius 1 is 1.21 bits per heavy atom. The molecule has 2 N–H and O–H groups in total. The molecule has 1 aromatic heterocycles. The Morgan fingerprint density at radius 3 is 2.63 bits per heavy atom. The Labute approximate surface area is 113 Å². The minimum Gasteiger partial charge on any atom is -0.481 e. The highest BCUT2D eigenvalue weighted by molar-refractivity contribution is 7.09. The molecule has 5 nitrogen and oxygen atoms in total. The number of nitrogens with zero attached hydrogens (tertiary/aromatic N) is 1. The van der Waals surface area contributed by atoms with Gasteiger partial charge < -0.3 is 10.4 Å². The first-order valence-electron chi connectivity index (χ1n) is 5.63. The molecular weight excluding hydrogens is 264 g/mol. The normalized spacial score (nSPS) is 10.1. The summed E-state index contributed by atoms with van der Waals surface area (Å²) in [6.45, 7) is 0. The van der Waals surface area contributed by atoms with E-state index in [1.165, 1.54) is 11.3 Å². The second-order valence-electron chi connectivity index (χ2n) is 3.89. The molecule has 0 aliphatic carbocycles. The van der Waals surface area contributed by atoms with Crippen molar-refractivity contribution >= 4 is 28.9 Å². The topological polar surface area (TPSA) is 79.3 Å². The number of carboxylic acids is 1.